The Bertz CT molecular complexity index is 786. The number of hydrogen-bond donors (Lipinski definition) is 1. The minimum absolute atomic E-state index is 0.747. The fourth-order valence-corrected chi connectivity index (χ4v) is 2.77. The number of aromatic nitrogens is 2. The zero-order valence-electron chi connectivity index (χ0n) is 13.6. The van der Waals surface area contributed by atoms with Gasteiger partial charge in [0.2, 0.25) is 0 Å². The van der Waals surface area contributed by atoms with Gasteiger partial charge in [-0.3, -0.25) is 0 Å². The lowest BCUT2D eigenvalue weighted by atomic mass is 10.1. The summed E-state index contributed by atoms with van der Waals surface area (Å²) in [5, 5.41) is 3.51. The smallest absolute Gasteiger partial charge is 0.129 e. The highest BCUT2D eigenvalue weighted by atomic mass is 15.1. The third-order valence-corrected chi connectivity index (χ3v) is 4.14. The topological polar surface area (TPSA) is 29.9 Å². The van der Waals surface area contributed by atoms with Crippen molar-refractivity contribution in [3.63, 3.8) is 0 Å². The van der Waals surface area contributed by atoms with Gasteiger partial charge in [-0.15, -0.1) is 0 Å². The number of benzene rings is 2. The molecule has 114 valence electrons. The highest BCUT2D eigenvalue weighted by Crippen LogP contribution is 2.19. The van der Waals surface area contributed by atoms with Crippen LogP contribution in [0, 0.1) is 13.8 Å². The second kappa shape index (κ2) is 6.22. The summed E-state index contributed by atoms with van der Waals surface area (Å²) in [6.07, 6.45) is 1.11. The number of aryl methyl sites for hydroxylation is 3. The maximum atomic E-state index is 4.79. The van der Waals surface area contributed by atoms with E-state index in [0.29, 0.717) is 0 Å². The number of imidazole rings is 1. The second-order valence-electron chi connectivity index (χ2n) is 5.82. The van der Waals surface area contributed by atoms with E-state index < -0.39 is 0 Å². The van der Waals surface area contributed by atoms with E-state index in [2.05, 4.69) is 67.1 Å². The number of rotatable bonds is 5. The van der Waals surface area contributed by atoms with Crippen LogP contribution in [0.25, 0.3) is 11.0 Å². The second-order valence-corrected chi connectivity index (χ2v) is 5.82. The fourth-order valence-electron chi connectivity index (χ4n) is 2.77. The molecule has 3 nitrogen and oxygen atoms in total. The number of nitrogens with zero attached hydrogens (tertiary/aromatic N) is 2. The molecule has 0 aliphatic carbocycles. The van der Waals surface area contributed by atoms with Crippen molar-refractivity contribution < 1.29 is 0 Å². The molecule has 0 atom stereocenters. The zero-order valence-corrected chi connectivity index (χ0v) is 13.6. The fraction of sp³-hybridized carbons (Fsp3) is 0.316. The van der Waals surface area contributed by atoms with Gasteiger partial charge >= 0.3 is 0 Å². The summed E-state index contributed by atoms with van der Waals surface area (Å²) < 4.78 is 2.32. The number of nitrogens with one attached hydrogen (secondary N) is 1. The number of para-hydroxylation sites is 2. The Hall–Kier alpha value is -2.29. The van der Waals surface area contributed by atoms with Crippen molar-refractivity contribution >= 4 is 16.7 Å². The highest BCUT2D eigenvalue weighted by Gasteiger charge is 2.09. The number of hydrogen-bond acceptors (Lipinski definition) is 2. The maximum Gasteiger partial charge on any atom is 0.129 e. The molecule has 0 amide bonds. The van der Waals surface area contributed by atoms with Crippen LogP contribution < -0.4 is 5.32 Å². The molecule has 2 aromatic carbocycles. The average molecular weight is 293 g/mol. The Labute approximate surface area is 132 Å². The van der Waals surface area contributed by atoms with E-state index in [4.69, 9.17) is 4.98 Å². The van der Waals surface area contributed by atoms with E-state index in [1.54, 1.807) is 0 Å². The van der Waals surface area contributed by atoms with Gasteiger partial charge in [-0.2, -0.15) is 0 Å². The van der Waals surface area contributed by atoms with Crippen LogP contribution in [0.4, 0.5) is 5.69 Å². The van der Waals surface area contributed by atoms with Crippen LogP contribution in [0.5, 0.6) is 0 Å². The van der Waals surface area contributed by atoms with Gasteiger partial charge in [0.1, 0.15) is 5.82 Å². The molecule has 1 aromatic heterocycles. The molecule has 0 aliphatic heterocycles. The van der Waals surface area contributed by atoms with Crippen molar-refractivity contribution in [3.8, 4) is 0 Å². The summed E-state index contributed by atoms with van der Waals surface area (Å²) in [6, 6.07) is 14.9. The number of fused-ring (bicyclic) bond motifs is 1. The Balaban J connectivity index is 1.86. The summed E-state index contributed by atoms with van der Waals surface area (Å²) >= 11 is 0. The normalized spacial score (nSPS) is 11.0. The molecular formula is C19H23N3. The molecule has 22 heavy (non-hydrogen) atoms. The maximum absolute atomic E-state index is 4.79. The molecule has 0 spiro atoms. The molecule has 0 saturated heterocycles. The van der Waals surface area contributed by atoms with Crippen molar-refractivity contribution in [1.82, 2.24) is 9.55 Å². The van der Waals surface area contributed by atoms with E-state index in [9.17, 15) is 0 Å². The minimum Gasteiger partial charge on any atom is -0.378 e. The molecule has 0 radical (unpaired) electrons. The third-order valence-electron chi connectivity index (χ3n) is 4.14. The lowest BCUT2D eigenvalue weighted by molar-refractivity contribution is 0.661. The van der Waals surface area contributed by atoms with Gasteiger partial charge in [-0.1, -0.05) is 25.1 Å². The minimum atomic E-state index is 0.747. The SMILES string of the molecule is CCCn1c(CNc2ccc(C)c(C)c2)nc2ccccc21. The van der Waals surface area contributed by atoms with Gasteiger partial charge in [-0.25, -0.2) is 4.98 Å². The summed E-state index contributed by atoms with van der Waals surface area (Å²) in [7, 11) is 0. The molecule has 3 aromatic rings. The van der Waals surface area contributed by atoms with E-state index in [1.807, 2.05) is 6.07 Å². The molecule has 0 saturated carbocycles. The van der Waals surface area contributed by atoms with Crippen LogP contribution in [0.1, 0.15) is 30.3 Å². The van der Waals surface area contributed by atoms with Gasteiger partial charge in [0.25, 0.3) is 0 Å². The Morgan fingerprint density at radius 2 is 1.86 bits per heavy atom. The van der Waals surface area contributed by atoms with Crippen molar-refractivity contribution in [3.05, 3.63) is 59.4 Å². The van der Waals surface area contributed by atoms with Gasteiger partial charge in [0.15, 0.2) is 0 Å². The average Bonchev–Trinajstić information content (AvgIpc) is 2.87. The lowest BCUT2D eigenvalue weighted by Gasteiger charge is -2.11. The van der Waals surface area contributed by atoms with E-state index in [0.717, 1.165) is 36.5 Å². The quantitative estimate of drug-likeness (QED) is 0.740. The molecule has 3 rings (SSSR count). The van der Waals surface area contributed by atoms with Crippen LogP contribution in [-0.2, 0) is 13.1 Å². The predicted molar refractivity (Wildman–Crippen MR) is 93.3 cm³/mol. The number of anilines is 1. The molecule has 0 bridgehead atoms. The van der Waals surface area contributed by atoms with Crippen molar-refractivity contribution in [2.24, 2.45) is 0 Å². The highest BCUT2D eigenvalue weighted by molar-refractivity contribution is 5.76. The van der Waals surface area contributed by atoms with Crippen molar-refractivity contribution in [2.75, 3.05) is 5.32 Å². The Morgan fingerprint density at radius 3 is 2.64 bits per heavy atom. The van der Waals surface area contributed by atoms with Crippen LogP contribution in [0.2, 0.25) is 0 Å². The van der Waals surface area contributed by atoms with Crippen molar-refractivity contribution in [1.29, 1.82) is 0 Å². The van der Waals surface area contributed by atoms with Gasteiger partial charge in [0.05, 0.1) is 17.6 Å². The molecule has 1 N–H and O–H groups in total. The predicted octanol–water partition coefficient (Wildman–Crippen LogP) is 4.68. The molecule has 0 fully saturated rings. The Kier molecular flexibility index (Phi) is 4.14. The van der Waals surface area contributed by atoms with Gasteiger partial charge < -0.3 is 9.88 Å². The summed E-state index contributed by atoms with van der Waals surface area (Å²) in [6.45, 7) is 8.24. The first-order chi connectivity index (χ1) is 10.7. The van der Waals surface area contributed by atoms with Crippen molar-refractivity contribution in [2.45, 2.75) is 40.3 Å². The van der Waals surface area contributed by atoms with E-state index in [1.165, 1.54) is 16.6 Å². The van der Waals surface area contributed by atoms with Crippen LogP contribution in [-0.4, -0.2) is 9.55 Å². The molecule has 1 heterocycles. The molecular weight excluding hydrogens is 270 g/mol. The largest absolute Gasteiger partial charge is 0.378 e. The standard InChI is InChI=1S/C19H23N3/c1-4-11-22-18-8-6-5-7-17(18)21-19(22)13-20-16-10-9-14(2)15(3)12-16/h5-10,12,20H,4,11,13H2,1-3H3. The van der Waals surface area contributed by atoms with Crippen LogP contribution in [0.3, 0.4) is 0 Å². The first-order valence-corrected chi connectivity index (χ1v) is 7.94. The van der Waals surface area contributed by atoms with Gasteiger partial charge in [-0.05, 0) is 55.7 Å². The zero-order chi connectivity index (χ0) is 15.5. The van der Waals surface area contributed by atoms with Gasteiger partial charge in [0, 0.05) is 12.2 Å². The van der Waals surface area contributed by atoms with Crippen LogP contribution >= 0.6 is 0 Å². The Morgan fingerprint density at radius 1 is 1.05 bits per heavy atom. The summed E-state index contributed by atoms with van der Waals surface area (Å²) in [4.78, 5) is 4.79. The summed E-state index contributed by atoms with van der Waals surface area (Å²) in [5.41, 5.74) is 6.09. The molecule has 0 unspecified atom stereocenters. The first-order valence-electron chi connectivity index (χ1n) is 7.94. The monoisotopic (exact) mass is 293 g/mol. The van der Waals surface area contributed by atoms with E-state index in [-0.39, 0.29) is 0 Å². The third kappa shape index (κ3) is 2.84. The molecule has 0 aliphatic rings. The lowest BCUT2D eigenvalue weighted by Crippen LogP contribution is -2.09. The van der Waals surface area contributed by atoms with E-state index >= 15 is 0 Å². The first kappa shape index (κ1) is 14.6. The molecule has 3 heteroatoms. The van der Waals surface area contributed by atoms with Crippen LogP contribution in [0.15, 0.2) is 42.5 Å². The summed E-state index contributed by atoms with van der Waals surface area (Å²) in [5.74, 6) is 1.10.